The maximum atomic E-state index is 12.4. The summed E-state index contributed by atoms with van der Waals surface area (Å²) in [5, 5.41) is 0. The van der Waals surface area contributed by atoms with Gasteiger partial charge in [0.25, 0.3) is 0 Å². The lowest BCUT2D eigenvalue weighted by molar-refractivity contribution is -0.118. The van der Waals surface area contributed by atoms with Crippen LogP contribution in [0, 0.1) is 11.8 Å². The second-order valence-corrected chi connectivity index (χ2v) is 9.47. The SMILES string of the molecule is CCC(=O)N(CCC(C)CC)c1cnc(OCC2CCN(C(=O)OC3(C)CC3)CC2)cn1. The van der Waals surface area contributed by atoms with Crippen molar-refractivity contribution in [2.45, 2.75) is 78.2 Å². The molecule has 2 amide bonds. The first-order valence-electron chi connectivity index (χ1n) is 12.1. The fraction of sp³-hybridized carbons (Fsp3) is 0.750. The molecule has 1 aliphatic heterocycles. The molecule has 2 aliphatic rings. The van der Waals surface area contributed by atoms with E-state index in [1.807, 2.05) is 13.8 Å². The number of aromatic nitrogens is 2. The van der Waals surface area contributed by atoms with Gasteiger partial charge in [-0.3, -0.25) is 9.69 Å². The Hall–Kier alpha value is -2.38. The number of rotatable bonds is 10. The summed E-state index contributed by atoms with van der Waals surface area (Å²) in [6.07, 6.45) is 9.18. The molecule has 0 bridgehead atoms. The molecule has 0 radical (unpaired) electrons. The van der Waals surface area contributed by atoms with E-state index in [0.717, 1.165) is 38.5 Å². The van der Waals surface area contributed by atoms with Crippen LogP contribution in [0.15, 0.2) is 12.4 Å². The van der Waals surface area contributed by atoms with Crippen molar-refractivity contribution in [1.82, 2.24) is 14.9 Å². The molecule has 0 spiro atoms. The highest BCUT2D eigenvalue weighted by molar-refractivity contribution is 5.91. The molecule has 178 valence electrons. The quantitative estimate of drug-likeness (QED) is 0.528. The first-order valence-corrected chi connectivity index (χ1v) is 12.1. The standard InChI is InChI=1S/C24H38N4O4/c1-5-18(3)7-14-28(22(29)6-2)20-15-26-21(16-25-20)31-17-19-8-12-27(13-9-19)23(30)32-24(4)10-11-24/h15-16,18-19H,5-14,17H2,1-4H3. The van der Waals surface area contributed by atoms with E-state index in [-0.39, 0.29) is 17.6 Å². The van der Waals surface area contributed by atoms with E-state index in [2.05, 4.69) is 23.8 Å². The Morgan fingerprint density at radius 3 is 2.50 bits per heavy atom. The molecule has 1 aromatic rings. The molecule has 1 saturated carbocycles. The van der Waals surface area contributed by atoms with E-state index in [4.69, 9.17) is 9.47 Å². The predicted molar refractivity (Wildman–Crippen MR) is 123 cm³/mol. The van der Waals surface area contributed by atoms with Crippen LogP contribution in [0.4, 0.5) is 10.6 Å². The third-order valence-electron chi connectivity index (χ3n) is 6.66. The third-order valence-corrected chi connectivity index (χ3v) is 6.66. The Bertz CT molecular complexity index is 758. The lowest BCUT2D eigenvalue weighted by Gasteiger charge is -2.31. The van der Waals surface area contributed by atoms with E-state index >= 15 is 0 Å². The normalized spacial score (nSPS) is 18.7. The average Bonchev–Trinajstić information content (AvgIpc) is 3.54. The first kappa shape index (κ1) is 24.3. The number of likely N-dealkylation sites (tertiary alicyclic amines) is 1. The zero-order valence-corrected chi connectivity index (χ0v) is 20.0. The highest BCUT2D eigenvalue weighted by Gasteiger charge is 2.43. The summed E-state index contributed by atoms with van der Waals surface area (Å²) >= 11 is 0. The summed E-state index contributed by atoms with van der Waals surface area (Å²) < 4.78 is 11.4. The Labute approximate surface area is 191 Å². The van der Waals surface area contributed by atoms with Crippen molar-refractivity contribution < 1.29 is 19.1 Å². The molecule has 8 heteroatoms. The summed E-state index contributed by atoms with van der Waals surface area (Å²) in [6.45, 7) is 10.8. The molecular formula is C24H38N4O4. The van der Waals surface area contributed by atoms with Gasteiger partial charge in [-0.15, -0.1) is 0 Å². The van der Waals surface area contributed by atoms with E-state index in [9.17, 15) is 9.59 Å². The van der Waals surface area contributed by atoms with Crippen molar-refractivity contribution in [2.24, 2.45) is 11.8 Å². The summed E-state index contributed by atoms with van der Waals surface area (Å²) in [7, 11) is 0. The molecule has 0 N–H and O–H groups in total. The van der Waals surface area contributed by atoms with Gasteiger partial charge in [-0.25, -0.2) is 14.8 Å². The van der Waals surface area contributed by atoms with Crippen LogP contribution in [0.3, 0.4) is 0 Å². The first-order chi connectivity index (χ1) is 15.3. The van der Waals surface area contributed by atoms with Crippen LogP contribution in [-0.2, 0) is 9.53 Å². The predicted octanol–water partition coefficient (Wildman–Crippen LogP) is 4.44. The lowest BCUT2D eigenvalue weighted by atomic mass is 9.98. The van der Waals surface area contributed by atoms with Gasteiger partial charge in [0.05, 0.1) is 19.0 Å². The van der Waals surface area contributed by atoms with Crippen molar-refractivity contribution in [3.8, 4) is 5.88 Å². The number of hydrogen-bond acceptors (Lipinski definition) is 6. The number of ether oxygens (including phenoxy) is 2. The van der Waals surface area contributed by atoms with Gasteiger partial charge in [-0.05, 0) is 50.9 Å². The molecule has 32 heavy (non-hydrogen) atoms. The van der Waals surface area contributed by atoms with Gasteiger partial charge >= 0.3 is 6.09 Å². The van der Waals surface area contributed by atoms with Gasteiger partial charge in [-0.2, -0.15) is 0 Å². The second-order valence-electron chi connectivity index (χ2n) is 9.47. The van der Waals surface area contributed by atoms with Crippen LogP contribution in [0.2, 0.25) is 0 Å². The smallest absolute Gasteiger partial charge is 0.410 e. The molecule has 1 saturated heterocycles. The van der Waals surface area contributed by atoms with Crippen LogP contribution in [-0.4, -0.2) is 58.7 Å². The largest absolute Gasteiger partial charge is 0.476 e. The second kappa shape index (κ2) is 11.0. The number of amides is 2. The van der Waals surface area contributed by atoms with Gasteiger partial charge in [0.15, 0.2) is 5.82 Å². The minimum absolute atomic E-state index is 0.0530. The zero-order chi connectivity index (χ0) is 23.1. The molecule has 2 fully saturated rings. The van der Waals surface area contributed by atoms with Crippen molar-refractivity contribution in [2.75, 3.05) is 31.1 Å². The molecule has 1 aliphatic carbocycles. The number of anilines is 1. The highest BCUT2D eigenvalue weighted by atomic mass is 16.6. The number of carbonyl (C=O) groups is 2. The Morgan fingerprint density at radius 2 is 1.94 bits per heavy atom. The van der Waals surface area contributed by atoms with E-state index in [1.165, 1.54) is 0 Å². The Morgan fingerprint density at radius 1 is 1.22 bits per heavy atom. The van der Waals surface area contributed by atoms with Crippen molar-refractivity contribution in [3.05, 3.63) is 12.4 Å². The highest BCUT2D eigenvalue weighted by Crippen LogP contribution is 2.39. The van der Waals surface area contributed by atoms with Crippen molar-refractivity contribution >= 4 is 17.8 Å². The van der Waals surface area contributed by atoms with Crippen molar-refractivity contribution in [1.29, 1.82) is 0 Å². The monoisotopic (exact) mass is 446 g/mol. The van der Waals surface area contributed by atoms with Crippen LogP contribution in [0.25, 0.3) is 0 Å². The lowest BCUT2D eigenvalue weighted by Crippen LogP contribution is -2.41. The molecule has 1 unspecified atom stereocenters. The number of piperidine rings is 1. The molecule has 0 aromatic carbocycles. The van der Waals surface area contributed by atoms with Crippen molar-refractivity contribution in [3.63, 3.8) is 0 Å². The number of nitrogens with zero attached hydrogens (tertiary/aromatic N) is 4. The maximum absolute atomic E-state index is 12.4. The minimum Gasteiger partial charge on any atom is -0.476 e. The van der Waals surface area contributed by atoms with E-state index in [1.54, 1.807) is 22.2 Å². The third kappa shape index (κ3) is 6.81. The number of hydrogen-bond donors (Lipinski definition) is 0. The molecular weight excluding hydrogens is 408 g/mol. The van der Waals surface area contributed by atoms with Crippen LogP contribution in [0.5, 0.6) is 5.88 Å². The summed E-state index contributed by atoms with van der Waals surface area (Å²) in [6, 6.07) is 0. The molecule has 3 rings (SSSR count). The fourth-order valence-corrected chi connectivity index (χ4v) is 3.67. The van der Waals surface area contributed by atoms with Gasteiger partial charge < -0.3 is 14.4 Å². The summed E-state index contributed by atoms with van der Waals surface area (Å²) in [5.41, 5.74) is -0.229. The maximum Gasteiger partial charge on any atom is 0.410 e. The van der Waals surface area contributed by atoms with Crippen LogP contribution >= 0.6 is 0 Å². The van der Waals surface area contributed by atoms with Gasteiger partial charge in [-0.1, -0.05) is 27.2 Å². The summed E-state index contributed by atoms with van der Waals surface area (Å²) in [4.78, 5) is 36.9. The minimum atomic E-state index is -0.229. The van der Waals surface area contributed by atoms with Gasteiger partial charge in [0.2, 0.25) is 11.8 Å². The van der Waals surface area contributed by atoms with Crippen LogP contribution in [0.1, 0.15) is 72.6 Å². The number of carbonyl (C=O) groups excluding carboxylic acids is 2. The molecule has 1 atom stereocenters. The molecule has 8 nitrogen and oxygen atoms in total. The Kier molecular flexibility index (Phi) is 8.32. The van der Waals surface area contributed by atoms with Gasteiger partial charge in [0, 0.05) is 26.1 Å². The zero-order valence-electron chi connectivity index (χ0n) is 20.0. The topological polar surface area (TPSA) is 84.9 Å². The summed E-state index contributed by atoms with van der Waals surface area (Å²) in [5.74, 6) is 2.01. The van der Waals surface area contributed by atoms with E-state index < -0.39 is 0 Å². The van der Waals surface area contributed by atoms with E-state index in [0.29, 0.717) is 56.2 Å². The molecule has 1 aromatic heterocycles. The Balaban J connectivity index is 1.45. The average molecular weight is 447 g/mol. The van der Waals surface area contributed by atoms with Crippen LogP contribution < -0.4 is 9.64 Å². The fourth-order valence-electron chi connectivity index (χ4n) is 3.67. The molecule has 2 heterocycles. The van der Waals surface area contributed by atoms with Gasteiger partial charge in [0.1, 0.15) is 5.60 Å².